The summed E-state index contributed by atoms with van der Waals surface area (Å²) in [6.07, 6.45) is 0. The van der Waals surface area contributed by atoms with Crippen molar-refractivity contribution in [2.24, 2.45) is 0 Å². The second-order valence-corrected chi connectivity index (χ2v) is 5.15. The molecule has 2 aromatic rings. The molecule has 0 radical (unpaired) electrons. The molecule has 0 aliphatic carbocycles. The van der Waals surface area contributed by atoms with Crippen LogP contribution in [0.5, 0.6) is 0 Å². The SMILES string of the molecule is CC(Nc1cc(Cl)c(F)cc1[N+](=O)[O-])c1ccsc1. The summed E-state index contributed by atoms with van der Waals surface area (Å²) < 4.78 is 13.3. The van der Waals surface area contributed by atoms with Gasteiger partial charge in [-0.2, -0.15) is 11.3 Å². The molecule has 0 spiro atoms. The van der Waals surface area contributed by atoms with Gasteiger partial charge in [0, 0.05) is 6.04 Å². The molecule has 1 N–H and O–H groups in total. The van der Waals surface area contributed by atoms with E-state index in [0.717, 1.165) is 11.6 Å². The van der Waals surface area contributed by atoms with Gasteiger partial charge in [-0.25, -0.2) is 4.39 Å². The molecule has 1 aromatic heterocycles. The largest absolute Gasteiger partial charge is 0.373 e. The number of hydrogen-bond donors (Lipinski definition) is 1. The van der Waals surface area contributed by atoms with Crippen molar-refractivity contribution in [1.29, 1.82) is 0 Å². The molecule has 19 heavy (non-hydrogen) atoms. The normalized spacial score (nSPS) is 12.2. The maximum atomic E-state index is 13.3. The Morgan fingerprint density at radius 3 is 2.84 bits per heavy atom. The van der Waals surface area contributed by atoms with Crippen molar-refractivity contribution < 1.29 is 9.31 Å². The first kappa shape index (κ1) is 13.8. The highest BCUT2D eigenvalue weighted by molar-refractivity contribution is 7.08. The van der Waals surface area contributed by atoms with Gasteiger partial charge in [0.25, 0.3) is 5.69 Å². The molecule has 0 saturated carbocycles. The Balaban J connectivity index is 2.33. The minimum atomic E-state index is -0.804. The maximum Gasteiger partial charge on any atom is 0.295 e. The zero-order valence-corrected chi connectivity index (χ0v) is 11.5. The number of hydrogen-bond acceptors (Lipinski definition) is 4. The van der Waals surface area contributed by atoms with Crippen LogP contribution in [0.3, 0.4) is 0 Å². The number of rotatable bonds is 4. The van der Waals surface area contributed by atoms with E-state index in [1.165, 1.54) is 17.4 Å². The van der Waals surface area contributed by atoms with Crippen LogP contribution in [0, 0.1) is 15.9 Å². The summed E-state index contributed by atoms with van der Waals surface area (Å²) in [6, 6.07) is 3.84. The second-order valence-electron chi connectivity index (χ2n) is 3.96. The third-order valence-electron chi connectivity index (χ3n) is 2.65. The van der Waals surface area contributed by atoms with Gasteiger partial charge in [0.05, 0.1) is 16.0 Å². The summed E-state index contributed by atoms with van der Waals surface area (Å²) in [5.74, 6) is -0.804. The predicted octanol–water partition coefficient (Wildman–Crippen LogP) is 4.62. The lowest BCUT2D eigenvalue weighted by atomic mass is 10.1. The summed E-state index contributed by atoms with van der Waals surface area (Å²) in [4.78, 5) is 10.3. The molecule has 0 fully saturated rings. The third kappa shape index (κ3) is 3.02. The van der Waals surface area contributed by atoms with Gasteiger partial charge < -0.3 is 5.32 Å². The van der Waals surface area contributed by atoms with Crippen molar-refractivity contribution in [2.45, 2.75) is 13.0 Å². The van der Waals surface area contributed by atoms with E-state index in [2.05, 4.69) is 5.32 Å². The Morgan fingerprint density at radius 1 is 1.53 bits per heavy atom. The van der Waals surface area contributed by atoms with Crippen LogP contribution in [0.25, 0.3) is 0 Å². The second kappa shape index (κ2) is 5.54. The molecular formula is C12H10ClFN2O2S. The van der Waals surface area contributed by atoms with E-state index in [-0.39, 0.29) is 22.4 Å². The van der Waals surface area contributed by atoms with Crippen LogP contribution >= 0.6 is 22.9 Å². The summed E-state index contributed by atoms with van der Waals surface area (Å²) in [6.45, 7) is 1.86. The van der Waals surface area contributed by atoms with E-state index in [1.54, 1.807) is 0 Å². The molecular weight excluding hydrogens is 291 g/mol. The fourth-order valence-corrected chi connectivity index (χ4v) is 2.56. The molecule has 0 amide bonds. The first-order valence-corrected chi connectivity index (χ1v) is 6.73. The number of benzene rings is 1. The Labute approximate surface area is 118 Å². The third-order valence-corrected chi connectivity index (χ3v) is 3.64. The first-order valence-electron chi connectivity index (χ1n) is 5.41. The molecule has 0 aliphatic rings. The summed E-state index contributed by atoms with van der Waals surface area (Å²) in [5, 5.41) is 17.6. The Hall–Kier alpha value is -1.66. The number of halogens is 2. The van der Waals surface area contributed by atoms with E-state index in [9.17, 15) is 14.5 Å². The van der Waals surface area contributed by atoms with E-state index < -0.39 is 10.7 Å². The number of anilines is 1. The molecule has 1 atom stereocenters. The molecule has 2 rings (SSSR count). The highest BCUT2D eigenvalue weighted by atomic mass is 35.5. The highest BCUT2D eigenvalue weighted by Gasteiger charge is 2.19. The lowest BCUT2D eigenvalue weighted by molar-refractivity contribution is -0.384. The van der Waals surface area contributed by atoms with Gasteiger partial charge in [0.2, 0.25) is 0 Å². The molecule has 7 heteroatoms. The van der Waals surface area contributed by atoms with Gasteiger partial charge in [-0.1, -0.05) is 11.6 Å². The van der Waals surface area contributed by atoms with E-state index in [1.807, 2.05) is 23.8 Å². The molecule has 1 unspecified atom stereocenters. The van der Waals surface area contributed by atoms with Crippen molar-refractivity contribution in [3.05, 3.63) is 55.5 Å². The lowest BCUT2D eigenvalue weighted by Gasteiger charge is -2.14. The molecule has 4 nitrogen and oxygen atoms in total. The zero-order valence-electron chi connectivity index (χ0n) is 9.89. The van der Waals surface area contributed by atoms with Crippen LogP contribution in [0.15, 0.2) is 29.0 Å². The lowest BCUT2D eigenvalue weighted by Crippen LogP contribution is -2.08. The van der Waals surface area contributed by atoms with Gasteiger partial charge >= 0.3 is 0 Å². The maximum absolute atomic E-state index is 13.3. The van der Waals surface area contributed by atoms with Crippen molar-refractivity contribution in [3.63, 3.8) is 0 Å². The summed E-state index contributed by atoms with van der Waals surface area (Å²) in [5.41, 5.74) is 0.874. The van der Waals surface area contributed by atoms with Crippen LogP contribution in [0.1, 0.15) is 18.5 Å². The minimum Gasteiger partial charge on any atom is -0.373 e. The van der Waals surface area contributed by atoms with Crippen LogP contribution in [-0.4, -0.2) is 4.92 Å². The number of nitrogens with one attached hydrogen (secondary N) is 1. The number of nitro groups is 1. The Kier molecular flexibility index (Phi) is 4.01. The summed E-state index contributed by atoms with van der Waals surface area (Å²) >= 11 is 7.20. The molecule has 1 heterocycles. The number of thiophene rings is 1. The smallest absolute Gasteiger partial charge is 0.295 e. The molecule has 1 aromatic carbocycles. The first-order chi connectivity index (χ1) is 8.99. The topological polar surface area (TPSA) is 55.2 Å². The average molecular weight is 301 g/mol. The standard InChI is InChI=1S/C12H10ClFN2O2S/c1-7(8-2-3-19-6-8)15-11-4-9(13)10(14)5-12(11)16(17)18/h2-7,15H,1H3. The van der Waals surface area contributed by atoms with Crippen molar-refractivity contribution in [2.75, 3.05) is 5.32 Å². The van der Waals surface area contributed by atoms with Crippen LogP contribution in [0.2, 0.25) is 5.02 Å². The predicted molar refractivity (Wildman–Crippen MR) is 74.4 cm³/mol. The van der Waals surface area contributed by atoms with Crippen LogP contribution < -0.4 is 5.32 Å². The quantitative estimate of drug-likeness (QED) is 0.662. The van der Waals surface area contributed by atoms with E-state index >= 15 is 0 Å². The van der Waals surface area contributed by atoms with E-state index in [4.69, 9.17) is 11.6 Å². The molecule has 100 valence electrons. The molecule has 0 saturated heterocycles. The molecule has 0 aliphatic heterocycles. The minimum absolute atomic E-state index is 0.133. The Morgan fingerprint density at radius 2 is 2.26 bits per heavy atom. The van der Waals surface area contributed by atoms with Gasteiger partial charge in [0.15, 0.2) is 0 Å². The highest BCUT2D eigenvalue weighted by Crippen LogP contribution is 2.33. The average Bonchev–Trinajstić information content (AvgIpc) is 2.86. The van der Waals surface area contributed by atoms with Crippen molar-refractivity contribution in [3.8, 4) is 0 Å². The van der Waals surface area contributed by atoms with Crippen LogP contribution in [0.4, 0.5) is 15.8 Å². The molecule has 0 bridgehead atoms. The monoisotopic (exact) mass is 300 g/mol. The van der Waals surface area contributed by atoms with Crippen molar-refractivity contribution in [1.82, 2.24) is 0 Å². The van der Waals surface area contributed by atoms with Crippen LogP contribution in [-0.2, 0) is 0 Å². The fraction of sp³-hybridized carbons (Fsp3) is 0.167. The van der Waals surface area contributed by atoms with E-state index in [0.29, 0.717) is 0 Å². The number of nitrogens with zero attached hydrogens (tertiary/aromatic N) is 1. The number of nitro benzene ring substituents is 1. The fourth-order valence-electron chi connectivity index (χ4n) is 1.64. The Bertz CT molecular complexity index is 604. The van der Waals surface area contributed by atoms with Gasteiger partial charge in [-0.05, 0) is 35.4 Å². The van der Waals surface area contributed by atoms with Gasteiger partial charge in [0.1, 0.15) is 11.5 Å². The van der Waals surface area contributed by atoms with Crippen molar-refractivity contribution >= 4 is 34.3 Å². The summed E-state index contributed by atoms with van der Waals surface area (Å²) in [7, 11) is 0. The zero-order chi connectivity index (χ0) is 14.0. The van der Waals surface area contributed by atoms with Gasteiger partial charge in [-0.15, -0.1) is 0 Å². The van der Waals surface area contributed by atoms with Gasteiger partial charge in [-0.3, -0.25) is 10.1 Å².